The highest BCUT2D eigenvalue weighted by molar-refractivity contribution is 9.10. The Morgan fingerprint density at radius 2 is 1.66 bits per heavy atom. The molecule has 0 aliphatic carbocycles. The number of halogens is 1. The number of rotatable bonds is 4. The number of carbonyl (C=O) groups excluding carboxylic acids is 2. The highest BCUT2D eigenvalue weighted by Crippen LogP contribution is 2.37. The van der Waals surface area contributed by atoms with Crippen LogP contribution >= 0.6 is 15.9 Å². The summed E-state index contributed by atoms with van der Waals surface area (Å²) in [5, 5.41) is 4.30. The lowest BCUT2D eigenvalue weighted by Crippen LogP contribution is -2.14. The van der Waals surface area contributed by atoms with Gasteiger partial charge < -0.3 is 10.1 Å². The number of amides is 1. The molecule has 1 aromatic heterocycles. The van der Waals surface area contributed by atoms with Crippen molar-refractivity contribution < 1.29 is 14.3 Å². The van der Waals surface area contributed by atoms with Crippen molar-refractivity contribution >= 4 is 44.3 Å². The molecule has 0 saturated heterocycles. The SMILES string of the molecule is O=C(Oc1cccc2c(Br)ccc(NC(=O)c3ccccn3)c12)c1ccccc1. The first-order chi connectivity index (χ1) is 14.1. The predicted molar refractivity (Wildman–Crippen MR) is 115 cm³/mol. The second-order valence-corrected chi connectivity index (χ2v) is 7.05. The first-order valence-electron chi connectivity index (χ1n) is 8.84. The monoisotopic (exact) mass is 446 g/mol. The minimum atomic E-state index is -0.472. The van der Waals surface area contributed by atoms with Gasteiger partial charge in [0.1, 0.15) is 11.4 Å². The van der Waals surface area contributed by atoms with Gasteiger partial charge in [-0.15, -0.1) is 0 Å². The van der Waals surface area contributed by atoms with Crippen molar-refractivity contribution in [3.8, 4) is 5.75 Å². The number of fused-ring (bicyclic) bond motifs is 1. The topological polar surface area (TPSA) is 68.3 Å². The molecule has 0 unspecified atom stereocenters. The van der Waals surface area contributed by atoms with Gasteiger partial charge in [-0.05, 0) is 42.5 Å². The number of ether oxygens (including phenoxy) is 1. The summed E-state index contributed by atoms with van der Waals surface area (Å²) < 4.78 is 6.49. The Balaban J connectivity index is 1.75. The van der Waals surface area contributed by atoms with E-state index in [9.17, 15) is 9.59 Å². The molecule has 3 aromatic carbocycles. The van der Waals surface area contributed by atoms with E-state index in [4.69, 9.17) is 4.74 Å². The molecule has 4 aromatic rings. The minimum absolute atomic E-state index is 0.294. The van der Waals surface area contributed by atoms with Crippen molar-refractivity contribution in [2.45, 2.75) is 0 Å². The van der Waals surface area contributed by atoms with E-state index in [2.05, 4.69) is 26.2 Å². The summed E-state index contributed by atoms with van der Waals surface area (Å²) in [6.45, 7) is 0. The number of carbonyl (C=O) groups is 2. The lowest BCUT2D eigenvalue weighted by molar-refractivity contribution is 0.0737. The second kappa shape index (κ2) is 8.24. The predicted octanol–water partition coefficient (Wildman–Crippen LogP) is 5.47. The number of aromatic nitrogens is 1. The van der Waals surface area contributed by atoms with Gasteiger partial charge in [-0.1, -0.05) is 52.3 Å². The molecule has 1 heterocycles. The van der Waals surface area contributed by atoms with Gasteiger partial charge in [0.05, 0.1) is 11.3 Å². The molecule has 0 saturated carbocycles. The van der Waals surface area contributed by atoms with E-state index in [0.717, 1.165) is 9.86 Å². The number of hydrogen-bond donors (Lipinski definition) is 1. The number of nitrogens with one attached hydrogen (secondary N) is 1. The summed E-state index contributed by atoms with van der Waals surface area (Å²) in [6, 6.07) is 22.8. The van der Waals surface area contributed by atoms with Crippen LogP contribution in [0.3, 0.4) is 0 Å². The van der Waals surface area contributed by atoms with Gasteiger partial charge in [-0.25, -0.2) is 4.79 Å². The smallest absolute Gasteiger partial charge is 0.343 e. The van der Waals surface area contributed by atoms with Crippen molar-refractivity contribution in [1.29, 1.82) is 0 Å². The Hall–Kier alpha value is -3.51. The number of anilines is 1. The van der Waals surface area contributed by atoms with E-state index in [1.165, 1.54) is 0 Å². The normalized spacial score (nSPS) is 10.5. The first kappa shape index (κ1) is 18.8. The van der Waals surface area contributed by atoms with E-state index in [0.29, 0.717) is 28.1 Å². The largest absolute Gasteiger partial charge is 0.422 e. The Kier molecular flexibility index (Phi) is 5.35. The molecule has 0 spiro atoms. The Morgan fingerprint density at radius 3 is 2.41 bits per heavy atom. The fraction of sp³-hybridized carbons (Fsp3) is 0. The molecule has 6 heteroatoms. The van der Waals surface area contributed by atoms with Crippen LogP contribution in [0.15, 0.2) is 89.5 Å². The van der Waals surface area contributed by atoms with Gasteiger partial charge in [-0.2, -0.15) is 0 Å². The molecule has 0 aliphatic heterocycles. The molecule has 1 N–H and O–H groups in total. The quantitative estimate of drug-likeness (QED) is 0.333. The number of hydrogen-bond acceptors (Lipinski definition) is 4. The van der Waals surface area contributed by atoms with Crippen molar-refractivity contribution in [3.05, 3.63) is 101 Å². The number of benzene rings is 3. The molecule has 0 aliphatic rings. The zero-order chi connectivity index (χ0) is 20.2. The summed E-state index contributed by atoms with van der Waals surface area (Å²) in [5.41, 5.74) is 1.26. The summed E-state index contributed by atoms with van der Waals surface area (Å²) in [6.07, 6.45) is 1.56. The van der Waals surface area contributed by atoms with Crippen LogP contribution in [0.4, 0.5) is 5.69 Å². The number of nitrogens with zero attached hydrogens (tertiary/aromatic N) is 1. The molecule has 0 fully saturated rings. The fourth-order valence-corrected chi connectivity index (χ4v) is 3.41. The third-order valence-electron chi connectivity index (χ3n) is 4.31. The molecule has 0 bridgehead atoms. The van der Waals surface area contributed by atoms with Crippen LogP contribution in [-0.2, 0) is 0 Å². The third-order valence-corrected chi connectivity index (χ3v) is 5.00. The summed E-state index contributed by atoms with van der Waals surface area (Å²) in [4.78, 5) is 29.2. The second-order valence-electron chi connectivity index (χ2n) is 6.20. The molecular weight excluding hydrogens is 432 g/mol. The Labute approximate surface area is 175 Å². The van der Waals surface area contributed by atoms with Gasteiger partial charge >= 0.3 is 5.97 Å². The summed E-state index contributed by atoms with van der Waals surface area (Å²) in [7, 11) is 0. The maximum absolute atomic E-state index is 12.6. The number of pyridine rings is 1. The molecule has 29 heavy (non-hydrogen) atoms. The lowest BCUT2D eigenvalue weighted by atomic mass is 10.1. The van der Waals surface area contributed by atoms with Gasteiger partial charge in [0.2, 0.25) is 0 Å². The van der Waals surface area contributed by atoms with E-state index in [-0.39, 0.29) is 5.91 Å². The zero-order valence-corrected chi connectivity index (χ0v) is 16.7. The van der Waals surface area contributed by atoms with Crippen LogP contribution in [-0.4, -0.2) is 16.9 Å². The zero-order valence-electron chi connectivity index (χ0n) is 15.1. The average Bonchev–Trinajstić information content (AvgIpc) is 2.77. The number of esters is 1. The molecule has 0 atom stereocenters. The van der Waals surface area contributed by atoms with E-state index in [1.807, 2.05) is 18.2 Å². The van der Waals surface area contributed by atoms with E-state index < -0.39 is 5.97 Å². The van der Waals surface area contributed by atoms with Crippen LogP contribution in [0.5, 0.6) is 5.75 Å². The molecule has 1 amide bonds. The van der Waals surface area contributed by atoms with E-state index >= 15 is 0 Å². The Bertz CT molecular complexity index is 1140. The minimum Gasteiger partial charge on any atom is -0.422 e. The highest BCUT2D eigenvalue weighted by atomic mass is 79.9. The fourth-order valence-electron chi connectivity index (χ4n) is 2.94. The van der Waals surface area contributed by atoms with Crippen molar-refractivity contribution in [2.75, 3.05) is 5.32 Å². The maximum atomic E-state index is 12.6. The molecule has 5 nitrogen and oxygen atoms in total. The van der Waals surface area contributed by atoms with Crippen LogP contribution in [0, 0.1) is 0 Å². The van der Waals surface area contributed by atoms with Gasteiger partial charge in [-0.3, -0.25) is 9.78 Å². The van der Waals surface area contributed by atoms with Crippen molar-refractivity contribution in [3.63, 3.8) is 0 Å². The lowest BCUT2D eigenvalue weighted by Gasteiger charge is -2.14. The van der Waals surface area contributed by atoms with E-state index in [1.54, 1.807) is 66.9 Å². The van der Waals surface area contributed by atoms with Crippen molar-refractivity contribution in [1.82, 2.24) is 4.98 Å². The van der Waals surface area contributed by atoms with Gasteiger partial charge in [0.25, 0.3) is 5.91 Å². The maximum Gasteiger partial charge on any atom is 0.343 e. The first-order valence-corrected chi connectivity index (χ1v) is 9.63. The summed E-state index contributed by atoms with van der Waals surface area (Å²) in [5.74, 6) is -0.465. The molecule has 0 radical (unpaired) electrons. The van der Waals surface area contributed by atoms with Gasteiger partial charge in [0, 0.05) is 21.4 Å². The summed E-state index contributed by atoms with van der Waals surface area (Å²) >= 11 is 3.52. The third kappa shape index (κ3) is 4.02. The van der Waals surface area contributed by atoms with Crippen LogP contribution < -0.4 is 10.1 Å². The van der Waals surface area contributed by atoms with Crippen LogP contribution in [0.25, 0.3) is 10.8 Å². The average molecular weight is 447 g/mol. The van der Waals surface area contributed by atoms with Crippen LogP contribution in [0.2, 0.25) is 0 Å². The highest BCUT2D eigenvalue weighted by Gasteiger charge is 2.16. The molecule has 142 valence electrons. The molecule has 4 rings (SSSR count). The Morgan fingerprint density at radius 1 is 0.862 bits per heavy atom. The molecular formula is C23H15BrN2O3. The standard InChI is InChI=1S/C23H15BrN2O3/c24-17-12-13-18(26-22(27)19-10-4-5-14-25-19)21-16(17)9-6-11-20(21)29-23(28)15-7-2-1-3-8-15/h1-14H,(H,26,27). The van der Waals surface area contributed by atoms with Gasteiger partial charge in [0.15, 0.2) is 0 Å². The van der Waals surface area contributed by atoms with Crippen LogP contribution in [0.1, 0.15) is 20.8 Å². The van der Waals surface area contributed by atoms with Crippen molar-refractivity contribution in [2.24, 2.45) is 0 Å².